The van der Waals surface area contributed by atoms with Crippen LogP contribution >= 0.6 is 0 Å². The number of carbonyl (C=O) groups is 3. The lowest BCUT2D eigenvalue weighted by Gasteiger charge is -2.10. The zero-order chi connectivity index (χ0) is 18.2. The first kappa shape index (κ1) is 18.0. The smallest absolute Gasteiger partial charge is 0.339 e. The van der Waals surface area contributed by atoms with Gasteiger partial charge in [-0.05, 0) is 30.3 Å². The summed E-state index contributed by atoms with van der Waals surface area (Å²) in [4.78, 5) is 34.2. The Morgan fingerprint density at radius 1 is 1.08 bits per heavy atom. The van der Waals surface area contributed by atoms with Gasteiger partial charge in [0.25, 0.3) is 0 Å². The first-order valence-corrected chi connectivity index (χ1v) is 7.49. The molecule has 0 radical (unpaired) electrons. The Kier molecular flexibility index (Phi) is 6.11. The van der Waals surface area contributed by atoms with Crippen LogP contribution in [-0.2, 0) is 9.59 Å². The molecule has 0 saturated carbocycles. The topological polar surface area (TPSA) is 102 Å². The van der Waals surface area contributed by atoms with Gasteiger partial charge >= 0.3 is 11.9 Å². The molecule has 0 heterocycles. The maximum absolute atomic E-state index is 11.9. The number of carbonyl (C=O) groups excluding carboxylic acids is 2. The quantitative estimate of drug-likeness (QED) is 0.592. The van der Waals surface area contributed by atoms with E-state index in [2.05, 4.69) is 5.32 Å². The number of hydrogen-bond acceptors (Lipinski definition) is 5. The minimum atomic E-state index is -1.26. The van der Waals surface area contributed by atoms with E-state index in [1.54, 1.807) is 12.1 Å². The Bertz CT molecular complexity index is 772. The van der Waals surface area contributed by atoms with Gasteiger partial charge in [-0.15, -0.1) is 0 Å². The van der Waals surface area contributed by atoms with Crippen molar-refractivity contribution in [3.63, 3.8) is 0 Å². The Hall–Kier alpha value is -3.35. The molecule has 2 aromatic carbocycles. The standard InChI is InChI=1S/C18H17NO6/c1-12(20)25-16-8-7-13(11-15(16)18(22)23)19-17(21)9-10-24-14-5-3-2-4-6-14/h2-8,11H,9-10H2,1H3,(H,19,21)(H,22,23). The molecular formula is C18H17NO6. The highest BCUT2D eigenvalue weighted by Gasteiger charge is 2.15. The Morgan fingerprint density at radius 2 is 1.80 bits per heavy atom. The van der Waals surface area contributed by atoms with Gasteiger partial charge in [0.15, 0.2) is 0 Å². The van der Waals surface area contributed by atoms with E-state index < -0.39 is 11.9 Å². The number of rotatable bonds is 7. The highest BCUT2D eigenvalue weighted by molar-refractivity contribution is 5.96. The third-order valence-electron chi connectivity index (χ3n) is 3.09. The normalized spacial score (nSPS) is 9.96. The molecule has 2 N–H and O–H groups in total. The predicted molar refractivity (Wildman–Crippen MR) is 89.9 cm³/mol. The van der Waals surface area contributed by atoms with E-state index in [0.717, 1.165) is 0 Å². The highest BCUT2D eigenvalue weighted by atomic mass is 16.5. The van der Waals surface area contributed by atoms with Gasteiger partial charge in [0.2, 0.25) is 5.91 Å². The number of amides is 1. The number of benzene rings is 2. The lowest BCUT2D eigenvalue weighted by atomic mass is 10.1. The summed E-state index contributed by atoms with van der Waals surface area (Å²) in [6.07, 6.45) is 0.100. The van der Waals surface area contributed by atoms with Crippen LogP contribution in [0.2, 0.25) is 0 Å². The molecule has 130 valence electrons. The third-order valence-corrected chi connectivity index (χ3v) is 3.09. The van der Waals surface area contributed by atoms with Crippen LogP contribution in [-0.4, -0.2) is 29.6 Å². The summed E-state index contributed by atoms with van der Waals surface area (Å²) < 4.78 is 10.3. The van der Waals surface area contributed by atoms with Crippen molar-refractivity contribution in [3.8, 4) is 11.5 Å². The van der Waals surface area contributed by atoms with Gasteiger partial charge in [-0.25, -0.2) is 4.79 Å². The number of ether oxygens (including phenoxy) is 2. The molecule has 2 rings (SSSR count). The maximum Gasteiger partial charge on any atom is 0.339 e. The SMILES string of the molecule is CC(=O)Oc1ccc(NC(=O)CCOc2ccccc2)cc1C(=O)O. The van der Waals surface area contributed by atoms with Crippen LogP contribution in [0.3, 0.4) is 0 Å². The van der Waals surface area contributed by atoms with Gasteiger partial charge in [0, 0.05) is 12.6 Å². The Morgan fingerprint density at radius 3 is 2.44 bits per heavy atom. The molecule has 0 aliphatic rings. The van der Waals surface area contributed by atoms with Crippen LogP contribution in [0, 0.1) is 0 Å². The van der Waals surface area contributed by atoms with Crippen LogP contribution in [0.25, 0.3) is 0 Å². The highest BCUT2D eigenvalue weighted by Crippen LogP contribution is 2.23. The summed E-state index contributed by atoms with van der Waals surface area (Å²) in [5.41, 5.74) is 0.0755. The van der Waals surface area contributed by atoms with Crippen LogP contribution < -0.4 is 14.8 Å². The van der Waals surface area contributed by atoms with Gasteiger partial charge in [-0.3, -0.25) is 9.59 Å². The van der Waals surface area contributed by atoms with Gasteiger partial charge in [0.1, 0.15) is 17.1 Å². The monoisotopic (exact) mass is 343 g/mol. The molecule has 0 unspecified atom stereocenters. The molecule has 0 atom stereocenters. The first-order chi connectivity index (χ1) is 12.0. The van der Waals surface area contributed by atoms with Crippen molar-refractivity contribution in [1.82, 2.24) is 0 Å². The van der Waals surface area contributed by atoms with E-state index >= 15 is 0 Å². The summed E-state index contributed by atoms with van der Waals surface area (Å²) in [5.74, 6) is -1.63. The van der Waals surface area contributed by atoms with Crippen LogP contribution in [0.1, 0.15) is 23.7 Å². The lowest BCUT2D eigenvalue weighted by Crippen LogP contribution is -2.16. The molecule has 7 nitrogen and oxygen atoms in total. The molecule has 0 bridgehead atoms. The average molecular weight is 343 g/mol. The molecule has 2 aromatic rings. The number of carboxylic acids is 1. The summed E-state index contributed by atoms with van der Waals surface area (Å²) in [5, 5.41) is 11.8. The molecule has 0 aromatic heterocycles. The van der Waals surface area contributed by atoms with E-state index in [4.69, 9.17) is 9.47 Å². The zero-order valence-corrected chi connectivity index (χ0v) is 13.5. The largest absolute Gasteiger partial charge is 0.493 e. The first-order valence-electron chi connectivity index (χ1n) is 7.49. The van der Waals surface area contributed by atoms with E-state index in [1.165, 1.54) is 25.1 Å². The summed E-state index contributed by atoms with van der Waals surface area (Å²) >= 11 is 0. The number of para-hydroxylation sites is 1. The van der Waals surface area contributed by atoms with Gasteiger partial charge in [-0.2, -0.15) is 0 Å². The number of anilines is 1. The molecule has 7 heteroatoms. The molecular weight excluding hydrogens is 326 g/mol. The fourth-order valence-corrected chi connectivity index (χ4v) is 2.02. The van der Waals surface area contributed by atoms with E-state index in [9.17, 15) is 19.5 Å². The lowest BCUT2D eigenvalue weighted by molar-refractivity contribution is -0.131. The van der Waals surface area contributed by atoms with Crippen molar-refractivity contribution in [2.24, 2.45) is 0 Å². The molecule has 0 aliphatic heterocycles. The predicted octanol–water partition coefficient (Wildman–Crippen LogP) is 2.72. The van der Waals surface area contributed by atoms with Crippen LogP contribution in [0.4, 0.5) is 5.69 Å². The van der Waals surface area contributed by atoms with Crippen molar-refractivity contribution in [1.29, 1.82) is 0 Å². The molecule has 1 amide bonds. The van der Waals surface area contributed by atoms with Crippen molar-refractivity contribution < 1.29 is 29.0 Å². The second-order valence-electron chi connectivity index (χ2n) is 5.07. The summed E-state index contributed by atoms with van der Waals surface area (Å²) in [6.45, 7) is 1.36. The molecule has 25 heavy (non-hydrogen) atoms. The van der Waals surface area contributed by atoms with E-state index in [1.807, 2.05) is 18.2 Å². The van der Waals surface area contributed by atoms with Gasteiger partial charge in [-0.1, -0.05) is 18.2 Å². The zero-order valence-electron chi connectivity index (χ0n) is 13.5. The minimum absolute atomic E-state index is 0.0783. The van der Waals surface area contributed by atoms with Crippen molar-refractivity contribution in [2.45, 2.75) is 13.3 Å². The minimum Gasteiger partial charge on any atom is -0.493 e. The van der Waals surface area contributed by atoms with E-state index in [-0.39, 0.29) is 35.9 Å². The maximum atomic E-state index is 11.9. The molecule has 0 aliphatic carbocycles. The Labute approximate surface area is 144 Å². The molecule has 0 saturated heterocycles. The Balaban J connectivity index is 1.94. The third kappa shape index (κ3) is 5.65. The van der Waals surface area contributed by atoms with Crippen molar-refractivity contribution in [3.05, 3.63) is 54.1 Å². The fraction of sp³-hybridized carbons (Fsp3) is 0.167. The van der Waals surface area contributed by atoms with Gasteiger partial charge < -0.3 is 19.9 Å². The average Bonchev–Trinajstić information content (AvgIpc) is 2.56. The summed E-state index contributed by atoms with van der Waals surface area (Å²) in [7, 11) is 0. The number of hydrogen-bond donors (Lipinski definition) is 2. The van der Waals surface area contributed by atoms with E-state index in [0.29, 0.717) is 5.75 Å². The van der Waals surface area contributed by atoms with Crippen molar-refractivity contribution in [2.75, 3.05) is 11.9 Å². The van der Waals surface area contributed by atoms with Crippen molar-refractivity contribution >= 4 is 23.5 Å². The molecule has 0 spiro atoms. The number of nitrogens with one attached hydrogen (secondary N) is 1. The van der Waals surface area contributed by atoms with Gasteiger partial charge in [0.05, 0.1) is 13.0 Å². The second kappa shape index (κ2) is 8.49. The van der Waals surface area contributed by atoms with Crippen LogP contribution in [0.15, 0.2) is 48.5 Å². The number of carboxylic acid groups (broad SMARTS) is 1. The number of esters is 1. The number of aromatic carboxylic acids is 1. The van der Waals surface area contributed by atoms with Crippen LogP contribution in [0.5, 0.6) is 11.5 Å². The fourth-order valence-electron chi connectivity index (χ4n) is 2.02. The summed E-state index contributed by atoms with van der Waals surface area (Å²) in [6, 6.07) is 13.1. The molecule has 0 fully saturated rings. The second-order valence-corrected chi connectivity index (χ2v) is 5.07.